The van der Waals surface area contributed by atoms with Gasteiger partial charge in [-0.2, -0.15) is 11.8 Å². The maximum atomic E-state index is 5.71. The van der Waals surface area contributed by atoms with Crippen LogP contribution in [0.1, 0.15) is 31.7 Å². The normalized spacial score (nSPS) is 11.0. The van der Waals surface area contributed by atoms with Crippen molar-refractivity contribution in [1.29, 1.82) is 0 Å². The maximum Gasteiger partial charge on any atom is 0.191 e. The molecule has 150 valence electrons. The molecule has 2 N–H and O–H groups in total. The van der Waals surface area contributed by atoms with E-state index < -0.39 is 0 Å². The van der Waals surface area contributed by atoms with Gasteiger partial charge in [0.2, 0.25) is 0 Å². The predicted octanol–water partition coefficient (Wildman–Crippen LogP) is 3.92. The Labute approximate surface area is 180 Å². The monoisotopic (exact) mass is 495 g/mol. The number of hydrogen-bond acceptors (Lipinski definition) is 4. The van der Waals surface area contributed by atoms with Crippen LogP contribution >= 0.6 is 35.7 Å². The van der Waals surface area contributed by atoms with Gasteiger partial charge >= 0.3 is 0 Å². The van der Waals surface area contributed by atoms with Crippen LogP contribution in [0.15, 0.2) is 29.3 Å². The van der Waals surface area contributed by atoms with Crippen molar-refractivity contribution in [2.45, 2.75) is 32.8 Å². The third-order valence-electron chi connectivity index (χ3n) is 3.56. The second-order valence-corrected chi connectivity index (χ2v) is 6.63. The Bertz CT molecular complexity index is 472. The Kier molecular flexibility index (Phi) is 17.3. The molecule has 0 radical (unpaired) electrons. The molecule has 0 atom stereocenters. The van der Waals surface area contributed by atoms with E-state index in [1.807, 2.05) is 36.0 Å². The van der Waals surface area contributed by atoms with Crippen molar-refractivity contribution in [3.05, 3.63) is 29.8 Å². The number of hydrogen-bond donors (Lipinski definition) is 2. The number of nitrogens with zero attached hydrogens (tertiary/aromatic N) is 1. The van der Waals surface area contributed by atoms with Gasteiger partial charge in [-0.3, -0.25) is 4.99 Å². The van der Waals surface area contributed by atoms with Gasteiger partial charge in [-0.15, -0.1) is 24.0 Å². The van der Waals surface area contributed by atoms with E-state index in [0.717, 1.165) is 43.3 Å². The number of methoxy groups -OCH3 is 1. The summed E-state index contributed by atoms with van der Waals surface area (Å²) < 4.78 is 10.9. The van der Waals surface area contributed by atoms with E-state index in [2.05, 4.69) is 28.8 Å². The molecule has 0 aliphatic rings. The average molecular weight is 495 g/mol. The van der Waals surface area contributed by atoms with Gasteiger partial charge in [0.1, 0.15) is 5.75 Å². The Balaban J connectivity index is 0.00000625. The van der Waals surface area contributed by atoms with E-state index >= 15 is 0 Å². The highest BCUT2D eigenvalue weighted by Crippen LogP contribution is 2.11. The fourth-order valence-electron chi connectivity index (χ4n) is 2.19. The van der Waals surface area contributed by atoms with E-state index in [-0.39, 0.29) is 24.0 Å². The van der Waals surface area contributed by atoms with E-state index in [0.29, 0.717) is 13.2 Å². The molecule has 0 fully saturated rings. The number of unbranched alkanes of at least 4 members (excludes halogenated alkanes) is 1. The van der Waals surface area contributed by atoms with Crippen LogP contribution in [0.5, 0.6) is 5.75 Å². The Morgan fingerprint density at radius 1 is 1.12 bits per heavy atom. The van der Waals surface area contributed by atoms with Crippen LogP contribution in [-0.2, 0) is 11.3 Å². The minimum Gasteiger partial charge on any atom is -0.497 e. The number of rotatable bonds is 13. The molecule has 7 heteroatoms. The molecule has 0 spiro atoms. The van der Waals surface area contributed by atoms with Crippen molar-refractivity contribution in [2.24, 2.45) is 4.99 Å². The summed E-state index contributed by atoms with van der Waals surface area (Å²) in [4.78, 5) is 4.59. The molecule has 0 amide bonds. The number of benzene rings is 1. The second-order valence-electron chi connectivity index (χ2n) is 5.64. The zero-order valence-corrected chi connectivity index (χ0v) is 19.4. The molecule has 0 saturated carbocycles. The first-order valence-corrected chi connectivity index (χ1v) is 10.4. The Morgan fingerprint density at radius 2 is 1.88 bits per heavy atom. The van der Waals surface area contributed by atoms with E-state index in [4.69, 9.17) is 9.47 Å². The van der Waals surface area contributed by atoms with E-state index in [9.17, 15) is 0 Å². The fourth-order valence-corrected chi connectivity index (χ4v) is 2.68. The van der Waals surface area contributed by atoms with Crippen molar-refractivity contribution in [1.82, 2.24) is 10.6 Å². The number of nitrogens with one attached hydrogen (secondary N) is 2. The lowest BCUT2D eigenvalue weighted by Gasteiger charge is -2.11. The van der Waals surface area contributed by atoms with Gasteiger partial charge in [0.05, 0.1) is 13.7 Å². The van der Waals surface area contributed by atoms with Crippen molar-refractivity contribution in [3.8, 4) is 5.75 Å². The highest BCUT2D eigenvalue weighted by molar-refractivity contribution is 14.0. The van der Waals surface area contributed by atoms with Crippen molar-refractivity contribution >= 4 is 41.7 Å². The van der Waals surface area contributed by atoms with Crippen molar-refractivity contribution < 1.29 is 9.47 Å². The quantitative estimate of drug-likeness (QED) is 0.188. The van der Waals surface area contributed by atoms with Crippen molar-refractivity contribution in [3.63, 3.8) is 0 Å². The maximum absolute atomic E-state index is 5.71. The van der Waals surface area contributed by atoms with Crippen LogP contribution in [0.25, 0.3) is 0 Å². The smallest absolute Gasteiger partial charge is 0.191 e. The van der Waals surface area contributed by atoms with Gasteiger partial charge in [-0.25, -0.2) is 0 Å². The number of halogens is 1. The van der Waals surface area contributed by atoms with Gasteiger partial charge in [0.25, 0.3) is 0 Å². The van der Waals surface area contributed by atoms with Crippen LogP contribution in [0.2, 0.25) is 0 Å². The van der Waals surface area contributed by atoms with Crippen LogP contribution in [-0.4, -0.2) is 51.3 Å². The topological polar surface area (TPSA) is 54.9 Å². The molecule has 0 heterocycles. The summed E-state index contributed by atoms with van der Waals surface area (Å²) in [7, 11) is 1.67. The third kappa shape index (κ3) is 12.6. The minimum absolute atomic E-state index is 0. The Morgan fingerprint density at radius 3 is 2.54 bits per heavy atom. The van der Waals surface area contributed by atoms with E-state index in [1.54, 1.807) is 7.11 Å². The number of guanidine groups is 1. The summed E-state index contributed by atoms with van der Waals surface area (Å²) in [6.07, 6.45) is 5.48. The average Bonchev–Trinajstić information content (AvgIpc) is 2.64. The molecule has 0 bridgehead atoms. The van der Waals surface area contributed by atoms with Gasteiger partial charge in [0, 0.05) is 26.2 Å². The summed E-state index contributed by atoms with van der Waals surface area (Å²) in [5.41, 5.74) is 1.16. The highest BCUT2D eigenvalue weighted by Gasteiger charge is 1.98. The number of ether oxygens (including phenoxy) is 2. The molecule has 0 aromatic heterocycles. The largest absolute Gasteiger partial charge is 0.497 e. The molecule has 5 nitrogen and oxygen atoms in total. The molecule has 26 heavy (non-hydrogen) atoms. The number of thioether (sulfide) groups is 1. The molecule has 0 saturated heterocycles. The molecular weight excluding hydrogens is 461 g/mol. The lowest BCUT2D eigenvalue weighted by atomic mass is 10.2. The van der Waals surface area contributed by atoms with Crippen molar-refractivity contribution in [2.75, 3.05) is 45.4 Å². The zero-order valence-electron chi connectivity index (χ0n) is 16.3. The summed E-state index contributed by atoms with van der Waals surface area (Å²) in [5.74, 6) is 3.00. The van der Waals surface area contributed by atoms with Gasteiger partial charge in [0.15, 0.2) is 5.96 Å². The minimum atomic E-state index is 0. The van der Waals surface area contributed by atoms with Crippen LogP contribution in [0.3, 0.4) is 0 Å². The lowest BCUT2D eigenvalue weighted by molar-refractivity contribution is 0.120. The third-order valence-corrected chi connectivity index (χ3v) is 4.25. The first kappa shape index (κ1) is 25.3. The standard InChI is InChI=1S/C19H33N3O2S.HI/c1-4-20-19(21-12-5-6-15-25-3)22-13-7-14-24-16-17-8-10-18(23-2)11-9-17;/h8-11H,4-7,12-16H2,1-3H3,(H2,20,21,22);1H. The molecule has 0 aliphatic carbocycles. The Hall–Kier alpha value is -0.670. The summed E-state index contributed by atoms with van der Waals surface area (Å²) >= 11 is 1.90. The lowest BCUT2D eigenvalue weighted by Crippen LogP contribution is -2.37. The molecule has 1 aromatic rings. The van der Waals surface area contributed by atoms with Gasteiger partial charge < -0.3 is 20.1 Å². The fraction of sp³-hybridized carbons (Fsp3) is 0.632. The first-order chi connectivity index (χ1) is 12.3. The molecular formula is C19H34IN3O2S. The predicted molar refractivity (Wildman–Crippen MR) is 124 cm³/mol. The number of aliphatic imine (C=N–C) groups is 1. The SMILES string of the molecule is CCNC(=NCCCOCc1ccc(OC)cc1)NCCCCSC.I. The van der Waals surface area contributed by atoms with Crippen LogP contribution < -0.4 is 15.4 Å². The first-order valence-electron chi connectivity index (χ1n) is 9.02. The summed E-state index contributed by atoms with van der Waals surface area (Å²) in [6, 6.07) is 7.97. The van der Waals surface area contributed by atoms with Crippen LogP contribution in [0, 0.1) is 0 Å². The summed E-state index contributed by atoms with van der Waals surface area (Å²) in [6.45, 7) is 6.04. The zero-order chi connectivity index (χ0) is 18.2. The second kappa shape index (κ2) is 17.7. The summed E-state index contributed by atoms with van der Waals surface area (Å²) in [5, 5.41) is 6.67. The van der Waals surface area contributed by atoms with Gasteiger partial charge in [-0.1, -0.05) is 12.1 Å². The molecule has 0 unspecified atom stereocenters. The molecule has 1 rings (SSSR count). The molecule has 1 aromatic carbocycles. The highest BCUT2D eigenvalue weighted by atomic mass is 127. The van der Waals surface area contributed by atoms with Crippen LogP contribution in [0.4, 0.5) is 0 Å². The van der Waals surface area contributed by atoms with E-state index in [1.165, 1.54) is 18.6 Å². The van der Waals surface area contributed by atoms with Gasteiger partial charge in [-0.05, 0) is 55.9 Å². The molecule has 0 aliphatic heterocycles.